The predicted molar refractivity (Wildman–Crippen MR) is 83.8 cm³/mol. The third-order valence-corrected chi connectivity index (χ3v) is 3.51. The van der Waals surface area contributed by atoms with Crippen LogP contribution < -0.4 is 0 Å². The molecule has 0 unspecified atom stereocenters. The Morgan fingerprint density at radius 2 is 1.05 bits per heavy atom. The molecule has 0 atom stereocenters. The van der Waals surface area contributed by atoms with E-state index in [2.05, 4.69) is 0 Å². The van der Waals surface area contributed by atoms with Gasteiger partial charge in [-0.3, -0.25) is 9.59 Å². The summed E-state index contributed by atoms with van der Waals surface area (Å²) in [5, 5.41) is 16.9. The molecule has 0 spiro atoms. The van der Waals surface area contributed by atoms with E-state index in [9.17, 15) is 9.59 Å². The van der Waals surface area contributed by atoms with Gasteiger partial charge in [0.2, 0.25) is 0 Å². The van der Waals surface area contributed by atoms with Crippen molar-refractivity contribution in [2.75, 3.05) is 11.5 Å². The molecule has 2 N–H and O–H groups in total. The van der Waals surface area contributed by atoms with Crippen molar-refractivity contribution in [3.63, 3.8) is 0 Å². The molecule has 0 radical (unpaired) electrons. The SMILES string of the molecule is O=C(O)CCCCCSCCCCCC(=O)O.[NaH].[NaH]. The molecule has 104 valence electrons. The molecule has 0 saturated carbocycles. The van der Waals surface area contributed by atoms with Gasteiger partial charge >= 0.3 is 71.1 Å². The second kappa shape index (κ2) is 19.3. The molecular formula is C12H24Na2O4S. The van der Waals surface area contributed by atoms with Crippen LogP contribution in [0.1, 0.15) is 51.4 Å². The summed E-state index contributed by atoms with van der Waals surface area (Å²) >= 11 is 1.88. The molecule has 0 fully saturated rings. The van der Waals surface area contributed by atoms with Gasteiger partial charge in [-0.1, -0.05) is 12.8 Å². The number of thioether (sulfide) groups is 1. The Morgan fingerprint density at radius 3 is 1.37 bits per heavy atom. The van der Waals surface area contributed by atoms with Crippen LogP contribution in [0.2, 0.25) is 0 Å². The zero-order chi connectivity index (χ0) is 12.9. The molecule has 0 bridgehead atoms. The van der Waals surface area contributed by atoms with Crippen LogP contribution in [0.3, 0.4) is 0 Å². The van der Waals surface area contributed by atoms with Crippen molar-refractivity contribution in [1.82, 2.24) is 0 Å². The van der Waals surface area contributed by atoms with Crippen molar-refractivity contribution in [3.8, 4) is 0 Å². The second-order valence-electron chi connectivity index (χ2n) is 4.02. The third kappa shape index (κ3) is 24.7. The van der Waals surface area contributed by atoms with Crippen LogP contribution in [-0.2, 0) is 9.59 Å². The molecular weight excluding hydrogens is 286 g/mol. The first-order valence-electron chi connectivity index (χ1n) is 6.14. The first-order chi connectivity index (χ1) is 8.13. The zero-order valence-corrected chi connectivity index (χ0v) is 11.0. The normalized spacial score (nSPS) is 9.26. The summed E-state index contributed by atoms with van der Waals surface area (Å²) in [4.78, 5) is 20.5. The second-order valence-corrected chi connectivity index (χ2v) is 5.25. The Labute approximate surface area is 164 Å². The van der Waals surface area contributed by atoms with Gasteiger partial charge in [-0.15, -0.1) is 0 Å². The average molecular weight is 310 g/mol. The van der Waals surface area contributed by atoms with E-state index in [1.807, 2.05) is 11.8 Å². The Morgan fingerprint density at radius 1 is 0.684 bits per heavy atom. The van der Waals surface area contributed by atoms with E-state index in [4.69, 9.17) is 10.2 Å². The van der Waals surface area contributed by atoms with Gasteiger partial charge in [0.05, 0.1) is 0 Å². The first kappa shape index (κ1) is 25.3. The molecule has 0 aliphatic rings. The minimum atomic E-state index is -0.712. The van der Waals surface area contributed by atoms with Gasteiger partial charge in [0.15, 0.2) is 0 Å². The maximum absolute atomic E-state index is 10.2. The number of rotatable bonds is 12. The van der Waals surface area contributed by atoms with E-state index in [-0.39, 0.29) is 72.0 Å². The van der Waals surface area contributed by atoms with E-state index < -0.39 is 11.9 Å². The van der Waals surface area contributed by atoms with Crippen molar-refractivity contribution in [3.05, 3.63) is 0 Å². The van der Waals surface area contributed by atoms with Crippen molar-refractivity contribution < 1.29 is 19.8 Å². The summed E-state index contributed by atoms with van der Waals surface area (Å²) in [6.45, 7) is 0. The molecule has 0 aliphatic carbocycles. The maximum atomic E-state index is 10.2. The van der Waals surface area contributed by atoms with Crippen LogP contribution in [0.5, 0.6) is 0 Å². The predicted octanol–water partition coefficient (Wildman–Crippen LogP) is 1.71. The Bertz CT molecular complexity index is 206. The molecule has 0 aromatic heterocycles. The van der Waals surface area contributed by atoms with Crippen molar-refractivity contribution in [2.24, 2.45) is 0 Å². The van der Waals surface area contributed by atoms with E-state index in [0.717, 1.165) is 50.0 Å². The Balaban J connectivity index is -0.00000128. The number of hydrogen-bond donors (Lipinski definition) is 2. The molecule has 0 aromatic rings. The Hall–Kier alpha value is 1.29. The summed E-state index contributed by atoms with van der Waals surface area (Å²) < 4.78 is 0. The number of aliphatic carboxylic acids is 2. The topological polar surface area (TPSA) is 74.6 Å². The molecule has 7 heteroatoms. The van der Waals surface area contributed by atoms with Gasteiger partial charge in [-0.2, -0.15) is 11.8 Å². The summed E-state index contributed by atoms with van der Waals surface area (Å²) in [5.41, 5.74) is 0. The minimum absolute atomic E-state index is 0. The van der Waals surface area contributed by atoms with Gasteiger partial charge in [0.25, 0.3) is 0 Å². The summed E-state index contributed by atoms with van der Waals surface area (Å²) in [5.74, 6) is 0.740. The molecule has 0 heterocycles. The van der Waals surface area contributed by atoms with E-state index in [1.54, 1.807) is 0 Å². The molecule has 0 amide bonds. The monoisotopic (exact) mass is 310 g/mol. The van der Waals surface area contributed by atoms with Crippen LogP contribution in [0, 0.1) is 0 Å². The van der Waals surface area contributed by atoms with Gasteiger partial charge in [0, 0.05) is 12.8 Å². The number of carbonyl (C=O) groups is 2. The van der Waals surface area contributed by atoms with Crippen molar-refractivity contribution >= 4 is 82.8 Å². The van der Waals surface area contributed by atoms with E-state index in [0.29, 0.717) is 0 Å². The van der Waals surface area contributed by atoms with Gasteiger partial charge in [0.1, 0.15) is 0 Å². The number of carboxylic acid groups (broad SMARTS) is 2. The van der Waals surface area contributed by atoms with Gasteiger partial charge < -0.3 is 10.2 Å². The van der Waals surface area contributed by atoms with Crippen LogP contribution in [0.4, 0.5) is 0 Å². The molecule has 4 nitrogen and oxygen atoms in total. The molecule has 0 aromatic carbocycles. The summed E-state index contributed by atoms with van der Waals surface area (Å²) in [7, 11) is 0. The van der Waals surface area contributed by atoms with Gasteiger partial charge in [-0.05, 0) is 37.2 Å². The summed E-state index contributed by atoms with van der Waals surface area (Å²) in [6, 6.07) is 0. The molecule has 0 aliphatic heterocycles. The van der Waals surface area contributed by atoms with Crippen LogP contribution >= 0.6 is 11.8 Å². The van der Waals surface area contributed by atoms with E-state index >= 15 is 0 Å². The van der Waals surface area contributed by atoms with Crippen molar-refractivity contribution in [2.45, 2.75) is 51.4 Å². The van der Waals surface area contributed by atoms with Gasteiger partial charge in [-0.25, -0.2) is 0 Å². The molecule has 0 saturated heterocycles. The average Bonchev–Trinajstić information content (AvgIpc) is 2.25. The fourth-order valence-electron chi connectivity index (χ4n) is 1.42. The number of unbranched alkanes of at least 4 members (excludes halogenated alkanes) is 4. The zero-order valence-electron chi connectivity index (χ0n) is 10.2. The summed E-state index contributed by atoms with van der Waals surface area (Å²) in [6.07, 6.45) is 6.22. The van der Waals surface area contributed by atoms with Crippen LogP contribution in [-0.4, -0.2) is 92.8 Å². The quantitative estimate of drug-likeness (QED) is 0.424. The molecule has 19 heavy (non-hydrogen) atoms. The van der Waals surface area contributed by atoms with Crippen LogP contribution in [0.25, 0.3) is 0 Å². The van der Waals surface area contributed by atoms with Crippen molar-refractivity contribution in [1.29, 1.82) is 0 Å². The number of hydrogen-bond acceptors (Lipinski definition) is 3. The third-order valence-electron chi connectivity index (χ3n) is 2.36. The first-order valence-corrected chi connectivity index (χ1v) is 7.29. The Kier molecular flexibility index (Phi) is 25.6. The molecule has 0 rings (SSSR count). The fourth-order valence-corrected chi connectivity index (χ4v) is 2.44. The van der Waals surface area contributed by atoms with E-state index in [1.165, 1.54) is 0 Å². The number of carboxylic acids is 2. The fraction of sp³-hybridized carbons (Fsp3) is 0.833. The standard InChI is InChI=1S/C12H22O4S.2Na.2H/c13-11(14)7-3-1-5-9-17-10-6-2-4-8-12(15)16;;;;/h1-10H2,(H,13,14)(H,15,16);;;;. The van der Waals surface area contributed by atoms with Crippen LogP contribution in [0.15, 0.2) is 0 Å².